The van der Waals surface area contributed by atoms with Gasteiger partial charge < -0.3 is 16.0 Å². The molecule has 2 atom stereocenters. The van der Waals surface area contributed by atoms with Crippen molar-refractivity contribution in [3.05, 3.63) is 48.0 Å². The highest BCUT2D eigenvalue weighted by Gasteiger charge is 2.33. The molecule has 0 aliphatic carbocycles. The van der Waals surface area contributed by atoms with Crippen molar-refractivity contribution >= 4 is 23.0 Å². The zero-order valence-corrected chi connectivity index (χ0v) is 17.4. The summed E-state index contributed by atoms with van der Waals surface area (Å²) in [6.45, 7) is 4.95. The molecule has 3 aromatic heterocycles. The third kappa shape index (κ3) is 3.92. The summed E-state index contributed by atoms with van der Waals surface area (Å²) in [6.07, 6.45) is 4.98. The van der Waals surface area contributed by atoms with Crippen molar-refractivity contribution in [2.45, 2.75) is 26.3 Å². The van der Waals surface area contributed by atoms with E-state index in [2.05, 4.69) is 15.4 Å². The molecule has 2 amide bonds. The number of likely N-dealkylation sites (tertiary alicyclic amines) is 1. The minimum Gasteiger partial charge on any atom is -0.378 e. The van der Waals surface area contributed by atoms with Gasteiger partial charge in [-0.3, -0.25) is 14.6 Å². The minimum absolute atomic E-state index is 0.0914. The Labute approximate surface area is 179 Å². The van der Waals surface area contributed by atoms with Crippen molar-refractivity contribution in [2.24, 2.45) is 11.7 Å². The SMILES string of the molecule is Cc1ccc(-c2cc3c(N[C@@H]4CN(C(=O)CC#N)C[C@H]4C)c(C(N)=O)cnn3c2)cn1. The maximum Gasteiger partial charge on any atom is 0.252 e. The van der Waals surface area contributed by atoms with Crippen molar-refractivity contribution in [1.29, 1.82) is 5.26 Å². The quantitative estimate of drug-likeness (QED) is 0.653. The molecule has 0 bridgehead atoms. The highest BCUT2D eigenvalue weighted by molar-refractivity contribution is 6.02. The van der Waals surface area contributed by atoms with E-state index in [9.17, 15) is 9.59 Å². The number of pyridine rings is 1. The van der Waals surface area contributed by atoms with Gasteiger partial charge in [-0.15, -0.1) is 0 Å². The molecule has 1 aliphatic rings. The van der Waals surface area contributed by atoms with Crippen LogP contribution in [0.15, 0.2) is 36.8 Å². The molecule has 3 aromatic rings. The summed E-state index contributed by atoms with van der Waals surface area (Å²) in [6, 6.07) is 7.67. The summed E-state index contributed by atoms with van der Waals surface area (Å²) >= 11 is 0. The Bertz CT molecular complexity index is 1190. The Morgan fingerprint density at radius 1 is 1.29 bits per heavy atom. The normalized spacial score (nSPS) is 18.2. The first-order chi connectivity index (χ1) is 14.9. The average molecular weight is 417 g/mol. The lowest BCUT2D eigenvalue weighted by molar-refractivity contribution is -0.129. The van der Waals surface area contributed by atoms with Gasteiger partial charge in [0.2, 0.25) is 5.91 Å². The molecule has 9 heteroatoms. The van der Waals surface area contributed by atoms with Crippen molar-refractivity contribution in [3.8, 4) is 17.2 Å². The zero-order valence-electron chi connectivity index (χ0n) is 17.4. The van der Waals surface area contributed by atoms with Crippen LogP contribution in [0.2, 0.25) is 0 Å². The first kappa shape index (κ1) is 20.3. The number of fused-ring (bicyclic) bond motifs is 1. The van der Waals surface area contributed by atoms with E-state index in [-0.39, 0.29) is 29.9 Å². The molecule has 4 heterocycles. The monoisotopic (exact) mass is 417 g/mol. The van der Waals surface area contributed by atoms with Crippen LogP contribution in [0.3, 0.4) is 0 Å². The predicted octanol–water partition coefficient (Wildman–Crippen LogP) is 1.98. The Morgan fingerprint density at radius 2 is 2.10 bits per heavy atom. The van der Waals surface area contributed by atoms with Gasteiger partial charge in [-0.25, -0.2) is 4.52 Å². The Kier molecular flexibility index (Phi) is 5.29. The van der Waals surface area contributed by atoms with Gasteiger partial charge >= 0.3 is 0 Å². The molecular weight excluding hydrogens is 394 g/mol. The number of carbonyl (C=O) groups is 2. The molecule has 1 aliphatic heterocycles. The molecule has 1 fully saturated rings. The van der Waals surface area contributed by atoms with Crippen LogP contribution in [0.1, 0.15) is 29.4 Å². The number of nitrogens with zero attached hydrogens (tertiary/aromatic N) is 5. The maximum absolute atomic E-state index is 12.1. The van der Waals surface area contributed by atoms with E-state index in [1.165, 1.54) is 6.20 Å². The third-order valence-corrected chi connectivity index (χ3v) is 5.67. The number of amides is 2. The fourth-order valence-corrected chi connectivity index (χ4v) is 3.91. The number of aryl methyl sites for hydroxylation is 1. The van der Waals surface area contributed by atoms with Crippen LogP contribution in [0.4, 0.5) is 5.69 Å². The largest absolute Gasteiger partial charge is 0.378 e. The predicted molar refractivity (Wildman–Crippen MR) is 115 cm³/mol. The summed E-state index contributed by atoms with van der Waals surface area (Å²) in [5, 5.41) is 16.6. The Morgan fingerprint density at radius 3 is 2.77 bits per heavy atom. The molecule has 0 unspecified atom stereocenters. The zero-order chi connectivity index (χ0) is 22.1. The van der Waals surface area contributed by atoms with Gasteiger partial charge in [0.15, 0.2) is 0 Å². The molecule has 3 N–H and O–H groups in total. The van der Waals surface area contributed by atoms with Gasteiger partial charge in [-0.2, -0.15) is 10.4 Å². The Balaban J connectivity index is 1.71. The van der Waals surface area contributed by atoms with Crippen molar-refractivity contribution < 1.29 is 9.59 Å². The number of primary amides is 1. The fraction of sp³-hybridized carbons (Fsp3) is 0.318. The van der Waals surface area contributed by atoms with E-state index in [4.69, 9.17) is 11.0 Å². The number of rotatable bonds is 5. The molecule has 1 saturated heterocycles. The van der Waals surface area contributed by atoms with E-state index in [1.54, 1.807) is 15.6 Å². The van der Waals surface area contributed by atoms with Crippen molar-refractivity contribution in [2.75, 3.05) is 18.4 Å². The minimum atomic E-state index is -0.583. The second kappa shape index (κ2) is 8.07. The van der Waals surface area contributed by atoms with E-state index in [0.717, 1.165) is 16.8 Å². The molecule has 31 heavy (non-hydrogen) atoms. The number of nitrogens with one attached hydrogen (secondary N) is 1. The van der Waals surface area contributed by atoms with Crippen LogP contribution in [0.25, 0.3) is 16.6 Å². The van der Waals surface area contributed by atoms with Gasteiger partial charge in [0.1, 0.15) is 6.42 Å². The second-order valence-corrected chi connectivity index (χ2v) is 7.91. The van der Waals surface area contributed by atoms with Gasteiger partial charge in [0, 0.05) is 48.3 Å². The Hall–Kier alpha value is -3.93. The molecule has 0 spiro atoms. The van der Waals surface area contributed by atoms with E-state index in [0.29, 0.717) is 24.3 Å². The smallest absolute Gasteiger partial charge is 0.252 e. The summed E-state index contributed by atoms with van der Waals surface area (Å²) in [7, 11) is 0. The highest BCUT2D eigenvalue weighted by Crippen LogP contribution is 2.30. The topological polar surface area (TPSA) is 129 Å². The first-order valence-corrected chi connectivity index (χ1v) is 10.0. The number of anilines is 1. The van der Waals surface area contributed by atoms with Crippen LogP contribution in [0.5, 0.6) is 0 Å². The molecule has 0 radical (unpaired) electrons. The number of aromatic nitrogens is 3. The first-order valence-electron chi connectivity index (χ1n) is 10.0. The van der Waals surface area contributed by atoms with E-state index >= 15 is 0 Å². The van der Waals surface area contributed by atoms with Gasteiger partial charge in [-0.05, 0) is 25.0 Å². The number of hydrogen-bond acceptors (Lipinski definition) is 6. The van der Waals surface area contributed by atoms with Gasteiger partial charge in [0.25, 0.3) is 5.91 Å². The number of nitrogens with two attached hydrogens (primary N) is 1. The van der Waals surface area contributed by atoms with Gasteiger partial charge in [0.05, 0.1) is 29.0 Å². The average Bonchev–Trinajstić information content (AvgIpc) is 3.33. The van der Waals surface area contributed by atoms with E-state index < -0.39 is 5.91 Å². The van der Waals surface area contributed by atoms with Crippen LogP contribution in [0, 0.1) is 24.2 Å². The number of hydrogen-bond donors (Lipinski definition) is 2. The van der Waals surface area contributed by atoms with Crippen LogP contribution in [-0.4, -0.2) is 50.4 Å². The van der Waals surface area contributed by atoms with Crippen molar-refractivity contribution in [1.82, 2.24) is 19.5 Å². The lowest BCUT2D eigenvalue weighted by Crippen LogP contribution is -2.32. The summed E-state index contributed by atoms with van der Waals surface area (Å²) in [5.41, 5.74) is 9.98. The van der Waals surface area contributed by atoms with Crippen LogP contribution < -0.4 is 11.1 Å². The summed E-state index contributed by atoms with van der Waals surface area (Å²) < 4.78 is 1.70. The molecule has 4 rings (SSSR count). The molecule has 0 aromatic carbocycles. The van der Waals surface area contributed by atoms with Crippen molar-refractivity contribution in [3.63, 3.8) is 0 Å². The standard InChI is InChI=1S/C22H23N7O2/c1-13-10-28(20(30)5-6-23)12-18(13)27-21-17(22(24)31)9-26-29-11-16(7-19(21)29)15-4-3-14(2)25-8-15/h3-4,7-9,11,13,18,27H,5,10,12H2,1-2H3,(H2,24,31)/t13-,18-/m1/s1. The molecular formula is C22H23N7O2. The molecule has 158 valence electrons. The van der Waals surface area contributed by atoms with Crippen LogP contribution >= 0.6 is 0 Å². The number of carbonyl (C=O) groups excluding carboxylic acids is 2. The molecule has 0 saturated carbocycles. The van der Waals surface area contributed by atoms with Gasteiger partial charge in [-0.1, -0.05) is 13.0 Å². The lowest BCUT2D eigenvalue weighted by atomic mass is 10.1. The van der Waals surface area contributed by atoms with Crippen LogP contribution in [-0.2, 0) is 4.79 Å². The fourth-order valence-electron chi connectivity index (χ4n) is 3.91. The summed E-state index contributed by atoms with van der Waals surface area (Å²) in [5.74, 6) is -0.641. The summed E-state index contributed by atoms with van der Waals surface area (Å²) in [4.78, 5) is 30.3. The van der Waals surface area contributed by atoms with E-state index in [1.807, 2.05) is 44.3 Å². The highest BCUT2D eigenvalue weighted by atomic mass is 16.2. The molecule has 9 nitrogen and oxygen atoms in total. The lowest BCUT2D eigenvalue weighted by Gasteiger charge is -2.20. The number of nitriles is 1. The second-order valence-electron chi connectivity index (χ2n) is 7.91. The maximum atomic E-state index is 12.1. The third-order valence-electron chi connectivity index (χ3n) is 5.67.